The van der Waals surface area contributed by atoms with Gasteiger partial charge in [0.05, 0.1) is 18.2 Å². The predicted octanol–water partition coefficient (Wildman–Crippen LogP) is 0.202. The highest BCUT2D eigenvalue weighted by atomic mass is 16.4. The van der Waals surface area contributed by atoms with Crippen molar-refractivity contribution in [1.82, 2.24) is 10.6 Å². The lowest BCUT2D eigenvalue weighted by molar-refractivity contribution is -0.122. The topological polar surface area (TPSA) is 91.6 Å². The molecule has 1 amide bonds. The summed E-state index contributed by atoms with van der Waals surface area (Å²) in [7, 11) is 1.55. The van der Waals surface area contributed by atoms with E-state index >= 15 is 0 Å². The van der Waals surface area contributed by atoms with Gasteiger partial charge >= 0.3 is 5.97 Å². The Balaban J connectivity index is 2.48. The molecule has 1 aromatic rings. The van der Waals surface area contributed by atoms with Gasteiger partial charge in [-0.3, -0.25) is 10.1 Å². The molecule has 16 heavy (non-hydrogen) atoms. The van der Waals surface area contributed by atoms with Crippen LogP contribution in [0.5, 0.6) is 0 Å². The molecule has 0 aliphatic rings. The molecule has 0 spiro atoms. The van der Waals surface area contributed by atoms with Crippen LogP contribution < -0.4 is 10.6 Å². The molecule has 1 atom stereocenters. The van der Waals surface area contributed by atoms with Crippen molar-refractivity contribution in [1.29, 1.82) is 0 Å². The third kappa shape index (κ3) is 3.09. The first-order valence-electron chi connectivity index (χ1n) is 4.80. The van der Waals surface area contributed by atoms with Gasteiger partial charge in [0.15, 0.2) is 0 Å². The number of aromatic carboxylic acids is 1. The fourth-order valence-electron chi connectivity index (χ4n) is 1.15. The molecule has 0 radical (unpaired) electrons. The van der Waals surface area contributed by atoms with Crippen LogP contribution >= 0.6 is 0 Å². The molecular formula is C10H14N2O4. The maximum Gasteiger partial charge on any atom is 0.338 e. The molecule has 0 aromatic carbocycles. The van der Waals surface area contributed by atoms with E-state index in [1.807, 2.05) is 0 Å². The SMILES string of the molecule is CNC(=O)C(C)NCc1cc(C(=O)O)co1. The van der Waals surface area contributed by atoms with E-state index in [9.17, 15) is 9.59 Å². The standard InChI is InChI=1S/C10H14N2O4/c1-6(9(13)11-2)12-4-8-3-7(5-16-8)10(14)15/h3,5-6,12H,4H2,1-2H3,(H,11,13)(H,14,15). The van der Waals surface area contributed by atoms with Crippen molar-refractivity contribution in [3.63, 3.8) is 0 Å². The van der Waals surface area contributed by atoms with Crippen LogP contribution in [0.25, 0.3) is 0 Å². The fraction of sp³-hybridized carbons (Fsp3) is 0.400. The Labute approximate surface area is 92.6 Å². The third-order valence-electron chi connectivity index (χ3n) is 2.12. The van der Waals surface area contributed by atoms with Gasteiger partial charge in [-0.25, -0.2) is 4.79 Å². The van der Waals surface area contributed by atoms with E-state index in [1.54, 1.807) is 14.0 Å². The lowest BCUT2D eigenvalue weighted by Gasteiger charge is -2.10. The maximum absolute atomic E-state index is 11.1. The van der Waals surface area contributed by atoms with Crippen molar-refractivity contribution in [2.75, 3.05) is 7.05 Å². The second-order valence-electron chi connectivity index (χ2n) is 3.32. The lowest BCUT2D eigenvalue weighted by atomic mass is 10.3. The number of carbonyl (C=O) groups is 2. The van der Waals surface area contributed by atoms with Crippen LogP contribution in [-0.4, -0.2) is 30.1 Å². The van der Waals surface area contributed by atoms with Gasteiger partial charge in [-0.1, -0.05) is 0 Å². The van der Waals surface area contributed by atoms with E-state index in [4.69, 9.17) is 9.52 Å². The van der Waals surface area contributed by atoms with E-state index in [0.29, 0.717) is 12.3 Å². The van der Waals surface area contributed by atoms with Gasteiger partial charge in [-0.15, -0.1) is 0 Å². The molecule has 3 N–H and O–H groups in total. The summed E-state index contributed by atoms with van der Waals surface area (Å²) in [6, 6.07) is 1.06. The highest BCUT2D eigenvalue weighted by Gasteiger charge is 2.12. The minimum atomic E-state index is -1.03. The summed E-state index contributed by atoms with van der Waals surface area (Å²) >= 11 is 0. The maximum atomic E-state index is 11.1. The van der Waals surface area contributed by atoms with Crippen LogP contribution in [0, 0.1) is 0 Å². The molecule has 1 unspecified atom stereocenters. The van der Waals surface area contributed by atoms with E-state index in [1.165, 1.54) is 12.3 Å². The number of carboxylic acids is 1. The number of hydrogen-bond donors (Lipinski definition) is 3. The molecule has 88 valence electrons. The largest absolute Gasteiger partial charge is 0.478 e. The summed E-state index contributed by atoms with van der Waals surface area (Å²) in [6.07, 6.45) is 1.17. The molecule has 0 fully saturated rings. The summed E-state index contributed by atoms with van der Waals surface area (Å²) < 4.78 is 5.01. The summed E-state index contributed by atoms with van der Waals surface area (Å²) in [5, 5.41) is 14.1. The quantitative estimate of drug-likeness (QED) is 0.667. The molecule has 0 aliphatic heterocycles. The summed E-state index contributed by atoms with van der Waals surface area (Å²) in [5.41, 5.74) is 0.101. The zero-order chi connectivity index (χ0) is 12.1. The molecule has 1 aromatic heterocycles. The van der Waals surface area contributed by atoms with Crippen molar-refractivity contribution in [2.24, 2.45) is 0 Å². The van der Waals surface area contributed by atoms with Crippen LogP contribution in [0.2, 0.25) is 0 Å². The van der Waals surface area contributed by atoms with Crippen molar-refractivity contribution in [2.45, 2.75) is 19.5 Å². The van der Waals surface area contributed by atoms with Gasteiger partial charge in [-0.05, 0) is 13.0 Å². The Morgan fingerprint density at radius 1 is 1.56 bits per heavy atom. The number of rotatable bonds is 5. The van der Waals surface area contributed by atoms with Crippen LogP contribution in [0.15, 0.2) is 16.7 Å². The highest BCUT2D eigenvalue weighted by Crippen LogP contribution is 2.07. The summed E-state index contributed by atoms with van der Waals surface area (Å²) in [6.45, 7) is 2.02. The molecule has 0 aliphatic carbocycles. The van der Waals surface area contributed by atoms with Crippen molar-refractivity contribution >= 4 is 11.9 Å². The Morgan fingerprint density at radius 3 is 2.75 bits per heavy atom. The number of nitrogens with one attached hydrogen (secondary N) is 2. The molecule has 0 bridgehead atoms. The average Bonchev–Trinajstić information content (AvgIpc) is 2.73. The third-order valence-corrected chi connectivity index (χ3v) is 2.12. The van der Waals surface area contributed by atoms with E-state index in [0.717, 1.165) is 0 Å². The second-order valence-corrected chi connectivity index (χ2v) is 3.32. The minimum absolute atomic E-state index is 0.101. The molecule has 1 heterocycles. The summed E-state index contributed by atoms with van der Waals surface area (Å²) in [4.78, 5) is 21.7. The van der Waals surface area contributed by atoms with E-state index < -0.39 is 5.97 Å². The number of furan rings is 1. The first-order valence-corrected chi connectivity index (χ1v) is 4.80. The fourth-order valence-corrected chi connectivity index (χ4v) is 1.15. The smallest absolute Gasteiger partial charge is 0.338 e. The van der Waals surface area contributed by atoms with Crippen LogP contribution in [0.1, 0.15) is 23.0 Å². The van der Waals surface area contributed by atoms with Gasteiger partial charge < -0.3 is 14.8 Å². The number of carboxylic acid groups (broad SMARTS) is 1. The molecule has 6 heteroatoms. The van der Waals surface area contributed by atoms with Gasteiger partial charge in [0.2, 0.25) is 5.91 Å². The van der Waals surface area contributed by atoms with Crippen LogP contribution in [0.4, 0.5) is 0 Å². The average molecular weight is 226 g/mol. The normalized spacial score (nSPS) is 12.1. The number of likely N-dealkylation sites (N-methyl/N-ethyl adjacent to an activating group) is 1. The Bertz CT molecular complexity index is 386. The summed E-state index contributed by atoms with van der Waals surface area (Å²) in [5.74, 6) is -0.687. The molecule has 6 nitrogen and oxygen atoms in total. The highest BCUT2D eigenvalue weighted by molar-refractivity contribution is 5.87. The Morgan fingerprint density at radius 2 is 2.25 bits per heavy atom. The minimum Gasteiger partial charge on any atom is -0.478 e. The second kappa shape index (κ2) is 5.32. The first-order chi connectivity index (χ1) is 7.54. The van der Waals surface area contributed by atoms with Gasteiger partial charge in [0.25, 0.3) is 0 Å². The monoisotopic (exact) mass is 226 g/mol. The Hall–Kier alpha value is -1.82. The van der Waals surface area contributed by atoms with Crippen molar-refractivity contribution in [3.8, 4) is 0 Å². The van der Waals surface area contributed by atoms with Crippen molar-refractivity contribution < 1.29 is 19.1 Å². The van der Waals surface area contributed by atoms with E-state index in [-0.39, 0.29) is 17.5 Å². The lowest BCUT2D eigenvalue weighted by Crippen LogP contribution is -2.40. The van der Waals surface area contributed by atoms with Crippen LogP contribution in [0.3, 0.4) is 0 Å². The molecule has 0 saturated carbocycles. The number of carbonyl (C=O) groups excluding carboxylic acids is 1. The Kier molecular flexibility index (Phi) is 4.07. The van der Waals surface area contributed by atoms with Gasteiger partial charge in [0.1, 0.15) is 12.0 Å². The molecule has 1 rings (SSSR count). The molecule has 0 saturated heterocycles. The van der Waals surface area contributed by atoms with Crippen molar-refractivity contribution in [3.05, 3.63) is 23.7 Å². The molecular weight excluding hydrogens is 212 g/mol. The first kappa shape index (κ1) is 12.3. The van der Waals surface area contributed by atoms with Gasteiger partial charge in [0, 0.05) is 7.05 Å². The van der Waals surface area contributed by atoms with Gasteiger partial charge in [-0.2, -0.15) is 0 Å². The number of hydrogen-bond acceptors (Lipinski definition) is 4. The van der Waals surface area contributed by atoms with Crippen LogP contribution in [-0.2, 0) is 11.3 Å². The zero-order valence-electron chi connectivity index (χ0n) is 9.11. The zero-order valence-corrected chi connectivity index (χ0v) is 9.11. The predicted molar refractivity (Wildman–Crippen MR) is 56.0 cm³/mol. The number of amides is 1. The van der Waals surface area contributed by atoms with E-state index in [2.05, 4.69) is 10.6 Å².